The van der Waals surface area contributed by atoms with Gasteiger partial charge in [0, 0.05) is 17.6 Å². The molecule has 1 aliphatic carbocycles. The highest BCUT2D eigenvalue weighted by Crippen LogP contribution is 2.39. The standard InChI is InChI=1S/C23H27N3O2/c1-23(2,3)15-8-9-20-18(12-15)21(17-6-4-5-7-19(17)25-20)22(27)26-10-11-28-16(13-24)14-26/h4-7,15-16H,8-12,14H2,1-3H3. The largest absolute Gasteiger partial charge is 0.360 e. The Morgan fingerprint density at radius 1 is 1.32 bits per heavy atom. The van der Waals surface area contributed by atoms with Crippen LogP contribution in [-0.2, 0) is 17.6 Å². The van der Waals surface area contributed by atoms with Crippen LogP contribution in [-0.4, -0.2) is 41.6 Å². The zero-order chi connectivity index (χ0) is 19.9. The first kappa shape index (κ1) is 18.9. The summed E-state index contributed by atoms with van der Waals surface area (Å²) in [5, 5.41) is 10.1. The van der Waals surface area contributed by atoms with E-state index in [-0.39, 0.29) is 11.3 Å². The molecule has 2 atom stereocenters. The molecule has 146 valence electrons. The van der Waals surface area contributed by atoms with Gasteiger partial charge in [-0.2, -0.15) is 5.26 Å². The summed E-state index contributed by atoms with van der Waals surface area (Å²) < 4.78 is 5.44. The Bertz CT molecular complexity index is 955. The minimum atomic E-state index is -0.552. The lowest BCUT2D eigenvalue weighted by atomic mass is 9.70. The van der Waals surface area contributed by atoms with Crippen LogP contribution in [0.3, 0.4) is 0 Å². The highest BCUT2D eigenvalue weighted by molar-refractivity contribution is 6.07. The average Bonchev–Trinajstić information content (AvgIpc) is 2.70. The highest BCUT2D eigenvalue weighted by atomic mass is 16.5. The fraction of sp³-hybridized carbons (Fsp3) is 0.522. The van der Waals surface area contributed by atoms with Gasteiger partial charge in [-0.05, 0) is 42.2 Å². The minimum Gasteiger partial charge on any atom is -0.360 e. The molecule has 1 aromatic carbocycles. The van der Waals surface area contributed by atoms with E-state index in [2.05, 4.69) is 26.8 Å². The van der Waals surface area contributed by atoms with Gasteiger partial charge in [0.25, 0.3) is 5.91 Å². The van der Waals surface area contributed by atoms with Gasteiger partial charge in [-0.3, -0.25) is 9.78 Å². The molecule has 4 rings (SSSR count). The Hall–Kier alpha value is -2.45. The number of pyridine rings is 1. The second-order valence-electron chi connectivity index (χ2n) is 8.97. The maximum atomic E-state index is 13.6. The molecule has 0 radical (unpaired) electrons. The van der Waals surface area contributed by atoms with Crippen molar-refractivity contribution in [2.24, 2.45) is 11.3 Å². The maximum absolute atomic E-state index is 13.6. The zero-order valence-corrected chi connectivity index (χ0v) is 16.9. The maximum Gasteiger partial charge on any atom is 0.255 e. The number of morpholine rings is 1. The van der Waals surface area contributed by atoms with Crippen molar-refractivity contribution in [3.63, 3.8) is 0 Å². The molecule has 0 saturated carbocycles. The molecule has 5 heteroatoms. The molecule has 1 fully saturated rings. The monoisotopic (exact) mass is 377 g/mol. The molecule has 0 bridgehead atoms. The first-order chi connectivity index (χ1) is 13.4. The Balaban J connectivity index is 1.82. The Morgan fingerprint density at radius 2 is 2.11 bits per heavy atom. The summed E-state index contributed by atoms with van der Waals surface area (Å²) in [5.74, 6) is 0.527. The lowest BCUT2D eigenvalue weighted by Gasteiger charge is -2.36. The Kier molecular flexibility index (Phi) is 4.84. The SMILES string of the molecule is CC(C)(C)C1CCc2nc3ccccc3c(C(=O)N3CCOC(C#N)C3)c2C1. The molecular weight excluding hydrogens is 350 g/mol. The normalized spacial score (nSPS) is 22.6. The summed E-state index contributed by atoms with van der Waals surface area (Å²) in [6.07, 6.45) is 2.34. The molecule has 2 aromatic rings. The number of fused-ring (bicyclic) bond motifs is 2. The molecule has 1 amide bonds. The molecule has 2 aliphatic rings. The summed E-state index contributed by atoms with van der Waals surface area (Å²) in [7, 11) is 0. The first-order valence-corrected chi connectivity index (χ1v) is 10.1. The number of aromatic nitrogens is 1. The van der Waals surface area contributed by atoms with Crippen LogP contribution in [0.15, 0.2) is 24.3 Å². The summed E-state index contributed by atoms with van der Waals surface area (Å²) in [6, 6.07) is 10.1. The quantitative estimate of drug-likeness (QED) is 0.759. The number of hydrogen-bond donors (Lipinski definition) is 0. The van der Waals surface area contributed by atoms with Crippen LogP contribution in [0, 0.1) is 22.7 Å². The van der Waals surface area contributed by atoms with Crippen LogP contribution in [0.1, 0.15) is 48.8 Å². The van der Waals surface area contributed by atoms with Gasteiger partial charge in [0.1, 0.15) is 0 Å². The van der Waals surface area contributed by atoms with Crippen molar-refractivity contribution in [2.75, 3.05) is 19.7 Å². The molecule has 0 N–H and O–H groups in total. The Morgan fingerprint density at radius 3 is 2.86 bits per heavy atom. The van der Waals surface area contributed by atoms with E-state index < -0.39 is 6.10 Å². The van der Waals surface area contributed by atoms with E-state index in [0.29, 0.717) is 25.6 Å². The molecule has 1 aromatic heterocycles. The predicted octanol–water partition coefficient (Wildman–Crippen LogP) is 3.75. The van der Waals surface area contributed by atoms with Crippen molar-refractivity contribution >= 4 is 16.8 Å². The average molecular weight is 377 g/mol. The molecule has 2 unspecified atom stereocenters. The van der Waals surface area contributed by atoms with Crippen LogP contribution in [0.25, 0.3) is 10.9 Å². The molecule has 1 aliphatic heterocycles. The van der Waals surface area contributed by atoms with E-state index in [9.17, 15) is 10.1 Å². The highest BCUT2D eigenvalue weighted by Gasteiger charge is 2.34. The van der Waals surface area contributed by atoms with Gasteiger partial charge in [0.15, 0.2) is 6.10 Å². The van der Waals surface area contributed by atoms with Crippen molar-refractivity contribution in [3.8, 4) is 6.07 Å². The van der Waals surface area contributed by atoms with Crippen LogP contribution in [0.4, 0.5) is 0 Å². The van der Waals surface area contributed by atoms with E-state index in [1.807, 2.05) is 24.3 Å². The topological polar surface area (TPSA) is 66.2 Å². The molecular formula is C23H27N3O2. The number of rotatable bonds is 1. The molecule has 2 heterocycles. The second-order valence-corrected chi connectivity index (χ2v) is 8.97. The van der Waals surface area contributed by atoms with E-state index in [1.54, 1.807) is 4.90 Å². The minimum absolute atomic E-state index is 0.00737. The fourth-order valence-corrected chi connectivity index (χ4v) is 4.44. The fourth-order valence-electron chi connectivity index (χ4n) is 4.44. The summed E-state index contributed by atoms with van der Waals surface area (Å²) >= 11 is 0. The van der Waals surface area contributed by atoms with Crippen molar-refractivity contribution < 1.29 is 9.53 Å². The van der Waals surface area contributed by atoms with Crippen LogP contribution < -0.4 is 0 Å². The number of ether oxygens (including phenoxy) is 1. The molecule has 0 spiro atoms. The van der Waals surface area contributed by atoms with Crippen molar-refractivity contribution in [1.82, 2.24) is 9.88 Å². The van der Waals surface area contributed by atoms with Crippen molar-refractivity contribution in [3.05, 3.63) is 41.1 Å². The number of carbonyl (C=O) groups is 1. The van der Waals surface area contributed by atoms with Gasteiger partial charge in [0.05, 0.1) is 30.3 Å². The Labute approximate surface area is 166 Å². The van der Waals surface area contributed by atoms with Crippen LogP contribution in [0.2, 0.25) is 0 Å². The summed E-state index contributed by atoms with van der Waals surface area (Å²) in [6.45, 7) is 8.07. The predicted molar refractivity (Wildman–Crippen MR) is 108 cm³/mol. The number of hydrogen-bond acceptors (Lipinski definition) is 4. The van der Waals surface area contributed by atoms with Gasteiger partial charge in [-0.1, -0.05) is 39.0 Å². The number of aryl methyl sites for hydroxylation is 1. The zero-order valence-electron chi connectivity index (χ0n) is 16.9. The lowest BCUT2D eigenvalue weighted by Crippen LogP contribution is -2.45. The molecule has 1 saturated heterocycles. The smallest absolute Gasteiger partial charge is 0.255 e. The van der Waals surface area contributed by atoms with Crippen molar-refractivity contribution in [1.29, 1.82) is 5.26 Å². The number of nitrogens with zero attached hydrogens (tertiary/aromatic N) is 3. The molecule has 5 nitrogen and oxygen atoms in total. The third-order valence-electron chi connectivity index (χ3n) is 6.20. The number of nitriles is 1. The summed E-state index contributed by atoms with van der Waals surface area (Å²) in [4.78, 5) is 20.3. The summed E-state index contributed by atoms with van der Waals surface area (Å²) in [5.41, 5.74) is 4.02. The van der Waals surface area contributed by atoms with Gasteiger partial charge in [0.2, 0.25) is 0 Å². The van der Waals surface area contributed by atoms with Gasteiger partial charge < -0.3 is 9.64 Å². The number of benzene rings is 1. The number of para-hydroxylation sites is 1. The van der Waals surface area contributed by atoms with E-state index in [0.717, 1.165) is 47.0 Å². The number of carbonyl (C=O) groups excluding carboxylic acids is 1. The molecule has 28 heavy (non-hydrogen) atoms. The lowest BCUT2D eigenvalue weighted by molar-refractivity contribution is 0.00346. The van der Waals surface area contributed by atoms with Crippen LogP contribution >= 0.6 is 0 Å². The van der Waals surface area contributed by atoms with E-state index in [1.165, 1.54) is 0 Å². The second kappa shape index (κ2) is 7.18. The van der Waals surface area contributed by atoms with E-state index >= 15 is 0 Å². The van der Waals surface area contributed by atoms with Gasteiger partial charge >= 0.3 is 0 Å². The van der Waals surface area contributed by atoms with Crippen molar-refractivity contribution in [2.45, 2.75) is 46.1 Å². The first-order valence-electron chi connectivity index (χ1n) is 10.1. The van der Waals surface area contributed by atoms with Crippen LogP contribution in [0.5, 0.6) is 0 Å². The number of amides is 1. The van der Waals surface area contributed by atoms with Gasteiger partial charge in [-0.25, -0.2) is 0 Å². The van der Waals surface area contributed by atoms with Gasteiger partial charge in [-0.15, -0.1) is 0 Å². The third-order valence-corrected chi connectivity index (χ3v) is 6.20. The van der Waals surface area contributed by atoms with E-state index in [4.69, 9.17) is 9.72 Å². The third kappa shape index (κ3) is 3.38.